The highest BCUT2D eigenvalue weighted by Crippen LogP contribution is 2.18. The number of carbonyl (C=O) groups excluding carboxylic acids is 1. The number of rotatable bonds is 6. The SMILES string of the molecule is CCOC(=O)C(NCC(C)C)c1cc(F)cc(F)c1. The third-order valence-corrected chi connectivity index (χ3v) is 2.47. The van der Waals surface area contributed by atoms with Crippen molar-refractivity contribution in [1.29, 1.82) is 0 Å². The average molecular weight is 271 g/mol. The van der Waals surface area contributed by atoms with Gasteiger partial charge in [0.15, 0.2) is 0 Å². The quantitative estimate of drug-likeness (QED) is 0.809. The highest BCUT2D eigenvalue weighted by Gasteiger charge is 2.22. The minimum Gasteiger partial charge on any atom is -0.465 e. The van der Waals surface area contributed by atoms with E-state index in [1.807, 2.05) is 13.8 Å². The summed E-state index contributed by atoms with van der Waals surface area (Å²) in [6.45, 7) is 6.39. The molecule has 0 saturated heterocycles. The second-order valence-corrected chi connectivity index (χ2v) is 4.69. The Hall–Kier alpha value is -1.49. The van der Waals surface area contributed by atoms with Crippen molar-refractivity contribution in [3.8, 4) is 0 Å². The van der Waals surface area contributed by atoms with Crippen LogP contribution in [0.4, 0.5) is 8.78 Å². The molecule has 1 unspecified atom stereocenters. The zero-order chi connectivity index (χ0) is 14.4. The van der Waals surface area contributed by atoms with Crippen LogP contribution in [-0.4, -0.2) is 19.1 Å². The fraction of sp³-hybridized carbons (Fsp3) is 0.500. The standard InChI is InChI=1S/C14H19F2NO2/c1-4-19-14(18)13(17-8-9(2)3)10-5-11(15)7-12(16)6-10/h5-7,9,13,17H,4,8H2,1-3H3. The summed E-state index contributed by atoms with van der Waals surface area (Å²) in [7, 11) is 0. The summed E-state index contributed by atoms with van der Waals surface area (Å²) in [5, 5.41) is 2.97. The molecule has 0 amide bonds. The van der Waals surface area contributed by atoms with Crippen LogP contribution in [0.15, 0.2) is 18.2 Å². The van der Waals surface area contributed by atoms with E-state index in [9.17, 15) is 13.6 Å². The lowest BCUT2D eigenvalue weighted by Gasteiger charge is -2.19. The van der Waals surface area contributed by atoms with Gasteiger partial charge >= 0.3 is 5.97 Å². The van der Waals surface area contributed by atoms with Crippen LogP contribution >= 0.6 is 0 Å². The lowest BCUT2D eigenvalue weighted by Crippen LogP contribution is -2.33. The Morgan fingerprint density at radius 2 is 1.84 bits per heavy atom. The van der Waals surface area contributed by atoms with Gasteiger partial charge in [-0.05, 0) is 37.1 Å². The molecule has 1 aromatic carbocycles. The Bertz CT molecular complexity index is 415. The lowest BCUT2D eigenvalue weighted by atomic mass is 10.1. The Labute approximate surface area is 112 Å². The van der Waals surface area contributed by atoms with E-state index in [-0.39, 0.29) is 12.2 Å². The number of ether oxygens (including phenoxy) is 1. The summed E-state index contributed by atoms with van der Waals surface area (Å²) in [4.78, 5) is 11.8. The Kier molecular flexibility index (Phi) is 5.89. The number of carbonyl (C=O) groups is 1. The van der Waals surface area contributed by atoms with Gasteiger partial charge in [-0.15, -0.1) is 0 Å². The van der Waals surface area contributed by atoms with E-state index in [2.05, 4.69) is 5.32 Å². The first kappa shape index (κ1) is 15.6. The molecule has 0 radical (unpaired) electrons. The second kappa shape index (κ2) is 7.19. The third kappa shape index (κ3) is 4.95. The Balaban J connectivity index is 2.96. The number of nitrogens with one attached hydrogen (secondary N) is 1. The van der Waals surface area contributed by atoms with Crippen molar-refractivity contribution in [2.75, 3.05) is 13.2 Å². The first-order chi connectivity index (χ1) is 8.93. The maximum Gasteiger partial charge on any atom is 0.327 e. The van der Waals surface area contributed by atoms with Gasteiger partial charge in [0.25, 0.3) is 0 Å². The molecule has 1 rings (SSSR count). The van der Waals surface area contributed by atoms with Gasteiger partial charge in [-0.2, -0.15) is 0 Å². The van der Waals surface area contributed by atoms with E-state index >= 15 is 0 Å². The fourth-order valence-electron chi connectivity index (χ4n) is 1.66. The predicted molar refractivity (Wildman–Crippen MR) is 68.6 cm³/mol. The topological polar surface area (TPSA) is 38.3 Å². The van der Waals surface area contributed by atoms with Crippen LogP contribution in [0.1, 0.15) is 32.4 Å². The van der Waals surface area contributed by atoms with Gasteiger partial charge in [0.1, 0.15) is 17.7 Å². The molecule has 1 N–H and O–H groups in total. The summed E-state index contributed by atoms with van der Waals surface area (Å²) >= 11 is 0. The summed E-state index contributed by atoms with van der Waals surface area (Å²) in [5.74, 6) is -1.66. The number of halogens is 2. The molecule has 0 aliphatic heterocycles. The van der Waals surface area contributed by atoms with Gasteiger partial charge in [0.05, 0.1) is 6.61 Å². The van der Waals surface area contributed by atoms with E-state index < -0.39 is 23.6 Å². The first-order valence-electron chi connectivity index (χ1n) is 6.30. The molecule has 1 aromatic rings. The fourth-order valence-corrected chi connectivity index (χ4v) is 1.66. The molecule has 3 nitrogen and oxygen atoms in total. The summed E-state index contributed by atoms with van der Waals surface area (Å²) in [6.07, 6.45) is 0. The highest BCUT2D eigenvalue weighted by atomic mass is 19.1. The average Bonchev–Trinajstić information content (AvgIpc) is 2.27. The second-order valence-electron chi connectivity index (χ2n) is 4.69. The van der Waals surface area contributed by atoms with Crippen LogP contribution in [0.5, 0.6) is 0 Å². The van der Waals surface area contributed by atoms with E-state index in [0.717, 1.165) is 18.2 Å². The lowest BCUT2D eigenvalue weighted by molar-refractivity contribution is -0.145. The predicted octanol–water partition coefficient (Wildman–Crippen LogP) is 2.81. The van der Waals surface area contributed by atoms with Crippen LogP contribution < -0.4 is 5.32 Å². The molecule has 0 aliphatic rings. The monoisotopic (exact) mass is 271 g/mol. The molecular weight excluding hydrogens is 252 g/mol. The van der Waals surface area contributed by atoms with Crippen LogP contribution in [-0.2, 0) is 9.53 Å². The van der Waals surface area contributed by atoms with Crippen molar-refractivity contribution < 1.29 is 18.3 Å². The van der Waals surface area contributed by atoms with Gasteiger partial charge < -0.3 is 10.1 Å². The Morgan fingerprint density at radius 3 is 2.32 bits per heavy atom. The van der Waals surface area contributed by atoms with Crippen LogP contribution in [0, 0.1) is 17.6 Å². The Morgan fingerprint density at radius 1 is 1.26 bits per heavy atom. The molecule has 5 heteroatoms. The van der Waals surface area contributed by atoms with Crippen LogP contribution in [0.2, 0.25) is 0 Å². The molecule has 0 saturated carbocycles. The molecule has 1 atom stereocenters. The van der Waals surface area contributed by atoms with Gasteiger partial charge in [0, 0.05) is 6.07 Å². The van der Waals surface area contributed by atoms with E-state index in [4.69, 9.17) is 4.74 Å². The van der Waals surface area contributed by atoms with Gasteiger partial charge in [-0.1, -0.05) is 13.8 Å². The molecular formula is C14H19F2NO2. The number of esters is 1. The molecule has 0 aromatic heterocycles. The third-order valence-electron chi connectivity index (χ3n) is 2.47. The van der Waals surface area contributed by atoms with Crippen LogP contribution in [0.3, 0.4) is 0 Å². The first-order valence-corrected chi connectivity index (χ1v) is 6.30. The molecule has 0 spiro atoms. The molecule has 0 aliphatic carbocycles. The van der Waals surface area contributed by atoms with Crippen molar-refractivity contribution >= 4 is 5.97 Å². The van der Waals surface area contributed by atoms with E-state index in [1.165, 1.54) is 0 Å². The number of hydrogen-bond acceptors (Lipinski definition) is 3. The minimum atomic E-state index is -0.854. The minimum absolute atomic E-state index is 0.219. The van der Waals surface area contributed by atoms with Gasteiger partial charge in [-0.25, -0.2) is 13.6 Å². The summed E-state index contributed by atoms with van der Waals surface area (Å²) < 4.78 is 31.4. The van der Waals surface area contributed by atoms with Gasteiger partial charge in [0.2, 0.25) is 0 Å². The summed E-state index contributed by atoms with van der Waals surface area (Å²) in [6, 6.07) is 2.19. The largest absolute Gasteiger partial charge is 0.465 e. The zero-order valence-electron chi connectivity index (χ0n) is 11.4. The van der Waals surface area contributed by atoms with Crippen molar-refractivity contribution in [3.05, 3.63) is 35.4 Å². The van der Waals surface area contributed by atoms with Crippen molar-refractivity contribution in [2.24, 2.45) is 5.92 Å². The normalized spacial score (nSPS) is 12.5. The smallest absolute Gasteiger partial charge is 0.327 e. The summed E-state index contributed by atoms with van der Waals surface area (Å²) in [5.41, 5.74) is 0.233. The van der Waals surface area contributed by atoms with Crippen molar-refractivity contribution in [3.63, 3.8) is 0 Å². The van der Waals surface area contributed by atoms with Crippen molar-refractivity contribution in [2.45, 2.75) is 26.8 Å². The van der Waals surface area contributed by atoms with E-state index in [0.29, 0.717) is 12.5 Å². The van der Waals surface area contributed by atoms with E-state index in [1.54, 1.807) is 6.92 Å². The molecule has 0 fully saturated rings. The van der Waals surface area contributed by atoms with Crippen molar-refractivity contribution in [1.82, 2.24) is 5.32 Å². The highest BCUT2D eigenvalue weighted by molar-refractivity contribution is 5.77. The number of hydrogen-bond donors (Lipinski definition) is 1. The number of benzene rings is 1. The maximum atomic E-state index is 13.2. The molecule has 0 bridgehead atoms. The zero-order valence-corrected chi connectivity index (χ0v) is 11.4. The molecule has 106 valence electrons. The van der Waals surface area contributed by atoms with Gasteiger partial charge in [-0.3, -0.25) is 0 Å². The van der Waals surface area contributed by atoms with Crippen LogP contribution in [0.25, 0.3) is 0 Å². The maximum absolute atomic E-state index is 13.2. The molecule has 0 heterocycles. The molecule has 19 heavy (non-hydrogen) atoms.